The normalized spacial score (nSPS) is 12.3. The van der Waals surface area contributed by atoms with Crippen molar-refractivity contribution in [3.05, 3.63) is 36.0 Å². The Kier molecular flexibility index (Phi) is 7.95. The third kappa shape index (κ3) is 6.66. The van der Waals surface area contributed by atoms with E-state index in [-0.39, 0.29) is 34.5 Å². The highest BCUT2D eigenvalue weighted by atomic mass is 32.2. The summed E-state index contributed by atoms with van der Waals surface area (Å²) in [6, 6.07) is 6.39. The molecular weight excluding hydrogens is 491 g/mol. The Balaban J connectivity index is 1.86. The number of halogens is 3. The predicted octanol–water partition coefficient (Wildman–Crippen LogP) is 2.91. The summed E-state index contributed by atoms with van der Waals surface area (Å²) >= 11 is 0. The summed E-state index contributed by atoms with van der Waals surface area (Å²) in [6.07, 6.45) is -3.74. The van der Waals surface area contributed by atoms with Gasteiger partial charge in [0.2, 0.25) is 5.82 Å². The molecule has 0 bridgehead atoms. The zero-order valence-corrected chi connectivity index (χ0v) is 20.1. The van der Waals surface area contributed by atoms with Gasteiger partial charge in [-0.15, -0.1) is 0 Å². The SMILES string of the molecule is CCN(CC)CCOC(=O)Cn1nc(C(F)(F)F)cc1-c1nc(-c2cccc(S(C)(=O)=O)c2)no1. The summed E-state index contributed by atoms with van der Waals surface area (Å²) in [7, 11) is -3.51. The molecule has 0 saturated carbocycles. The van der Waals surface area contributed by atoms with Crippen LogP contribution in [0.5, 0.6) is 0 Å². The Morgan fingerprint density at radius 1 is 1.20 bits per heavy atom. The molecule has 1 aromatic carbocycles. The third-order valence-electron chi connectivity index (χ3n) is 5.08. The van der Waals surface area contributed by atoms with Crippen molar-refractivity contribution < 1.29 is 35.6 Å². The molecule has 0 aliphatic carbocycles. The maximum atomic E-state index is 13.3. The second-order valence-electron chi connectivity index (χ2n) is 7.54. The van der Waals surface area contributed by atoms with Gasteiger partial charge in [0.1, 0.15) is 18.8 Å². The lowest BCUT2D eigenvalue weighted by atomic mass is 10.2. The van der Waals surface area contributed by atoms with Gasteiger partial charge in [-0.2, -0.15) is 23.3 Å². The van der Waals surface area contributed by atoms with Crippen LogP contribution in [0.1, 0.15) is 19.5 Å². The number of carbonyl (C=O) groups is 1. The highest BCUT2D eigenvalue weighted by Gasteiger charge is 2.36. The molecule has 14 heteroatoms. The van der Waals surface area contributed by atoms with Crippen molar-refractivity contribution >= 4 is 15.8 Å². The van der Waals surface area contributed by atoms with Crippen LogP contribution in [-0.4, -0.2) is 71.7 Å². The summed E-state index contributed by atoms with van der Waals surface area (Å²) in [5.41, 5.74) is -1.21. The topological polar surface area (TPSA) is 120 Å². The van der Waals surface area contributed by atoms with E-state index in [9.17, 15) is 26.4 Å². The molecule has 0 aliphatic heterocycles. The van der Waals surface area contributed by atoms with Crippen LogP contribution in [0.4, 0.5) is 13.2 Å². The van der Waals surface area contributed by atoms with Gasteiger partial charge in [-0.3, -0.25) is 4.79 Å². The van der Waals surface area contributed by atoms with Gasteiger partial charge in [0, 0.05) is 24.4 Å². The van der Waals surface area contributed by atoms with E-state index in [1.807, 2.05) is 18.7 Å². The average Bonchev–Trinajstić information content (AvgIpc) is 3.43. The summed E-state index contributed by atoms with van der Waals surface area (Å²) in [5.74, 6) is -1.16. The average molecular weight is 516 g/mol. The molecule has 0 fully saturated rings. The van der Waals surface area contributed by atoms with Gasteiger partial charge < -0.3 is 14.2 Å². The summed E-state index contributed by atoms with van der Waals surface area (Å²) in [5, 5.41) is 7.22. The highest BCUT2D eigenvalue weighted by molar-refractivity contribution is 7.90. The fourth-order valence-corrected chi connectivity index (χ4v) is 3.82. The molecule has 2 aromatic heterocycles. The first-order chi connectivity index (χ1) is 16.4. The number of esters is 1. The Hall–Kier alpha value is -3.26. The van der Waals surface area contributed by atoms with E-state index >= 15 is 0 Å². The van der Waals surface area contributed by atoms with Crippen LogP contribution in [0.25, 0.3) is 23.0 Å². The largest absolute Gasteiger partial charge is 0.463 e. The summed E-state index contributed by atoms with van der Waals surface area (Å²) in [4.78, 5) is 18.4. The second kappa shape index (κ2) is 10.6. The number of hydrogen-bond acceptors (Lipinski definition) is 9. The number of benzene rings is 1. The standard InChI is InChI=1S/C21H24F3N5O5S/c1-4-28(5-2)9-10-33-18(30)13-29-16(12-17(26-29)21(22,23)24)20-25-19(27-34-20)14-7-6-8-15(11-14)35(3,31)32/h6-8,11-12H,4-5,9-10,13H2,1-3H3. The molecule has 0 spiro atoms. The van der Waals surface area contributed by atoms with Gasteiger partial charge >= 0.3 is 12.1 Å². The van der Waals surface area contributed by atoms with E-state index in [0.717, 1.165) is 24.0 Å². The van der Waals surface area contributed by atoms with Crippen LogP contribution in [0, 0.1) is 0 Å². The molecular formula is C21H24F3N5O5S. The maximum absolute atomic E-state index is 13.3. The van der Waals surface area contributed by atoms with Crippen molar-refractivity contribution in [3.8, 4) is 23.0 Å². The van der Waals surface area contributed by atoms with Crippen LogP contribution in [0.3, 0.4) is 0 Å². The van der Waals surface area contributed by atoms with E-state index in [2.05, 4.69) is 15.2 Å². The monoisotopic (exact) mass is 515 g/mol. The van der Waals surface area contributed by atoms with Crippen molar-refractivity contribution in [1.82, 2.24) is 24.8 Å². The lowest BCUT2D eigenvalue weighted by Crippen LogP contribution is -2.28. The molecule has 0 N–H and O–H groups in total. The molecule has 0 aliphatic rings. The third-order valence-corrected chi connectivity index (χ3v) is 6.19. The molecule has 0 radical (unpaired) electrons. The molecule has 0 atom stereocenters. The molecule has 0 amide bonds. The molecule has 2 heterocycles. The number of carbonyl (C=O) groups excluding carboxylic acids is 1. The second-order valence-corrected chi connectivity index (χ2v) is 9.56. The number of hydrogen-bond donors (Lipinski definition) is 0. The number of ether oxygens (including phenoxy) is 1. The number of likely N-dealkylation sites (N-methyl/N-ethyl adjacent to an activating group) is 1. The molecule has 3 rings (SSSR count). The zero-order chi connectivity index (χ0) is 25.8. The van der Waals surface area contributed by atoms with Crippen molar-refractivity contribution in [2.75, 3.05) is 32.5 Å². The highest BCUT2D eigenvalue weighted by Crippen LogP contribution is 2.32. The van der Waals surface area contributed by atoms with Gasteiger partial charge in [-0.1, -0.05) is 31.1 Å². The summed E-state index contributed by atoms with van der Waals surface area (Å²) in [6.45, 7) is 5.39. The smallest absolute Gasteiger partial charge is 0.435 e. The van der Waals surface area contributed by atoms with Gasteiger partial charge in [-0.05, 0) is 25.2 Å². The Labute approximate surface area is 199 Å². The van der Waals surface area contributed by atoms with Gasteiger partial charge in [-0.25, -0.2) is 13.1 Å². The Morgan fingerprint density at radius 2 is 1.91 bits per heavy atom. The summed E-state index contributed by atoms with van der Waals surface area (Å²) < 4.78 is 74.6. The predicted molar refractivity (Wildman–Crippen MR) is 118 cm³/mol. The van der Waals surface area contributed by atoms with Crippen molar-refractivity contribution in [1.29, 1.82) is 0 Å². The van der Waals surface area contributed by atoms with Gasteiger partial charge in [0.25, 0.3) is 5.89 Å². The van der Waals surface area contributed by atoms with Crippen molar-refractivity contribution in [3.63, 3.8) is 0 Å². The first-order valence-corrected chi connectivity index (χ1v) is 12.5. The molecule has 0 unspecified atom stereocenters. The number of alkyl halides is 3. The van der Waals surface area contributed by atoms with E-state index < -0.39 is 34.2 Å². The zero-order valence-electron chi connectivity index (χ0n) is 19.2. The first-order valence-electron chi connectivity index (χ1n) is 10.6. The molecule has 3 aromatic rings. The van der Waals surface area contributed by atoms with E-state index in [4.69, 9.17) is 9.26 Å². The first kappa shape index (κ1) is 26.3. The minimum Gasteiger partial charge on any atom is -0.463 e. The van der Waals surface area contributed by atoms with Crippen LogP contribution >= 0.6 is 0 Å². The van der Waals surface area contributed by atoms with Crippen LogP contribution in [0.15, 0.2) is 39.8 Å². The lowest BCUT2D eigenvalue weighted by Gasteiger charge is -2.17. The van der Waals surface area contributed by atoms with E-state index in [0.29, 0.717) is 12.6 Å². The molecule has 190 valence electrons. The van der Waals surface area contributed by atoms with E-state index in [1.165, 1.54) is 24.3 Å². The number of rotatable bonds is 10. The number of nitrogens with zero attached hydrogens (tertiary/aromatic N) is 5. The quantitative estimate of drug-likeness (QED) is 0.375. The minimum atomic E-state index is -4.78. The van der Waals surface area contributed by atoms with Crippen molar-refractivity contribution in [2.24, 2.45) is 0 Å². The van der Waals surface area contributed by atoms with Gasteiger partial charge in [0.15, 0.2) is 15.5 Å². The molecule has 10 nitrogen and oxygen atoms in total. The van der Waals surface area contributed by atoms with E-state index in [1.54, 1.807) is 0 Å². The number of aromatic nitrogens is 4. The molecule has 35 heavy (non-hydrogen) atoms. The van der Waals surface area contributed by atoms with Crippen LogP contribution in [-0.2, 0) is 32.1 Å². The Morgan fingerprint density at radius 3 is 2.54 bits per heavy atom. The van der Waals surface area contributed by atoms with Crippen LogP contribution in [0.2, 0.25) is 0 Å². The lowest BCUT2D eigenvalue weighted by molar-refractivity contribution is -0.146. The minimum absolute atomic E-state index is 0.0122. The van der Waals surface area contributed by atoms with Crippen molar-refractivity contribution in [2.45, 2.75) is 31.5 Å². The fraction of sp³-hybridized carbons (Fsp3) is 0.429. The maximum Gasteiger partial charge on any atom is 0.435 e. The Bertz CT molecular complexity index is 1280. The van der Waals surface area contributed by atoms with Crippen LogP contribution < -0.4 is 0 Å². The fourth-order valence-electron chi connectivity index (χ4n) is 3.15. The number of sulfone groups is 1. The van der Waals surface area contributed by atoms with Gasteiger partial charge in [0.05, 0.1) is 4.90 Å². The molecule has 0 saturated heterocycles.